The Morgan fingerprint density at radius 3 is 2.73 bits per heavy atom. The number of benzene rings is 1. The molecule has 0 saturated carbocycles. The van der Waals surface area contributed by atoms with Crippen LogP contribution >= 0.6 is 0 Å². The molecule has 7 heteroatoms. The fourth-order valence-corrected chi connectivity index (χ4v) is 2.96. The van der Waals surface area contributed by atoms with Gasteiger partial charge in [-0.3, -0.25) is 9.59 Å². The second-order valence-electron chi connectivity index (χ2n) is 6.29. The van der Waals surface area contributed by atoms with Crippen molar-refractivity contribution in [1.29, 1.82) is 0 Å². The summed E-state index contributed by atoms with van der Waals surface area (Å²) in [5, 5.41) is 2.89. The molecular formula is C19H23N3O4. The van der Waals surface area contributed by atoms with E-state index in [4.69, 9.17) is 9.47 Å². The van der Waals surface area contributed by atoms with Gasteiger partial charge in [0, 0.05) is 24.2 Å². The molecule has 2 aromatic rings. The van der Waals surface area contributed by atoms with Gasteiger partial charge in [0.25, 0.3) is 5.56 Å². The second kappa shape index (κ2) is 8.03. The Balaban J connectivity index is 1.47. The number of aryl methyl sites for hydroxylation is 2. The molecule has 0 radical (unpaired) electrons. The van der Waals surface area contributed by atoms with Crippen LogP contribution in [-0.4, -0.2) is 35.6 Å². The Morgan fingerprint density at radius 2 is 1.96 bits per heavy atom. The van der Waals surface area contributed by atoms with Crippen LogP contribution in [0.15, 0.2) is 23.0 Å². The van der Waals surface area contributed by atoms with Crippen molar-refractivity contribution in [3.05, 3.63) is 51.2 Å². The fraction of sp³-hybridized carbons (Fsp3) is 0.421. The zero-order chi connectivity index (χ0) is 18.5. The summed E-state index contributed by atoms with van der Waals surface area (Å²) >= 11 is 0. The van der Waals surface area contributed by atoms with Crippen molar-refractivity contribution in [1.82, 2.24) is 15.3 Å². The van der Waals surface area contributed by atoms with E-state index in [1.54, 1.807) is 13.8 Å². The number of carbonyl (C=O) groups excluding carboxylic acids is 1. The van der Waals surface area contributed by atoms with Gasteiger partial charge in [-0.1, -0.05) is 6.07 Å². The topological polar surface area (TPSA) is 93.3 Å². The van der Waals surface area contributed by atoms with Gasteiger partial charge in [-0.05, 0) is 44.4 Å². The number of amides is 1. The summed E-state index contributed by atoms with van der Waals surface area (Å²) in [5.74, 6) is 2.01. The molecule has 1 aromatic carbocycles. The van der Waals surface area contributed by atoms with Crippen LogP contribution in [0.25, 0.3) is 0 Å². The number of aromatic amines is 1. The molecule has 0 bridgehead atoms. The number of H-pyrrole nitrogens is 1. The maximum atomic E-state index is 12.0. The molecule has 1 aromatic heterocycles. The maximum Gasteiger partial charge on any atom is 0.254 e. The number of carbonyl (C=O) groups is 1. The Bertz CT molecular complexity index is 860. The highest BCUT2D eigenvalue weighted by molar-refractivity contribution is 5.76. The van der Waals surface area contributed by atoms with Gasteiger partial charge in [-0.15, -0.1) is 0 Å². The molecule has 2 N–H and O–H groups in total. The van der Waals surface area contributed by atoms with E-state index < -0.39 is 0 Å². The first-order chi connectivity index (χ1) is 12.5. The van der Waals surface area contributed by atoms with Crippen LogP contribution in [0.5, 0.6) is 11.5 Å². The van der Waals surface area contributed by atoms with Crippen LogP contribution in [0.3, 0.4) is 0 Å². The summed E-state index contributed by atoms with van der Waals surface area (Å²) in [4.78, 5) is 30.9. The van der Waals surface area contributed by atoms with Gasteiger partial charge in [0.1, 0.15) is 19.0 Å². The molecule has 2 heterocycles. The predicted octanol–water partition coefficient (Wildman–Crippen LogP) is 1.45. The molecule has 0 aliphatic carbocycles. The Hall–Kier alpha value is -2.83. The number of nitrogens with one attached hydrogen (secondary N) is 2. The summed E-state index contributed by atoms with van der Waals surface area (Å²) in [6.07, 6.45) is 1.34. The molecule has 0 fully saturated rings. The number of fused-ring (bicyclic) bond motifs is 1. The molecule has 7 nitrogen and oxygen atoms in total. The Kier molecular flexibility index (Phi) is 5.55. The van der Waals surface area contributed by atoms with E-state index in [0.717, 1.165) is 17.1 Å². The van der Waals surface area contributed by atoms with Crippen molar-refractivity contribution < 1.29 is 14.3 Å². The lowest BCUT2D eigenvalue weighted by atomic mass is 10.1. The number of ether oxygens (including phenoxy) is 2. The molecule has 138 valence electrons. The molecular weight excluding hydrogens is 334 g/mol. The summed E-state index contributed by atoms with van der Waals surface area (Å²) < 4.78 is 11.1. The third-order valence-corrected chi connectivity index (χ3v) is 4.29. The predicted molar refractivity (Wildman–Crippen MR) is 96.8 cm³/mol. The van der Waals surface area contributed by atoms with Crippen LogP contribution in [0.2, 0.25) is 0 Å². The maximum absolute atomic E-state index is 12.0. The fourth-order valence-electron chi connectivity index (χ4n) is 2.96. The lowest BCUT2D eigenvalue weighted by Crippen LogP contribution is -2.27. The van der Waals surface area contributed by atoms with E-state index in [2.05, 4.69) is 15.3 Å². The van der Waals surface area contributed by atoms with Crippen molar-refractivity contribution in [2.24, 2.45) is 0 Å². The van der Waals surface area contributed by atoms with E-state index >= 15 is 0 Å². The average Bonchev–Trinajstić information content (AvgIpc) is 2.60. The highest BCUT2D eigenvalue weighted by atomic mass is 16.6. The van der Waals surface area contributed by atoms with Gasteiger partial charge < -0.3 is 19.8 Å². The number of hydrogen-bond donors (Lipinski definition) is 2. The van der Waals surface area contributed by atoms with Gasteiger partial charge in [0.15, 0.2) is 11.5 Å². The minimum atomic E-state index is -0.168. The lowest BCUT2D eigenvalue weighted by molar-refractivity contribution is -0.121. The largest absolute Gasteiger partial charge is 0.486 e. The Labute approximate surface area is 151 Å². The summed E-state index contributed by atoms with van der Waals surface area (Å²) in [5.41, 5.74) is 2.15. The highest BCUT2D eigenvalue weighted by Crippen LogP contribution is 2.30. The molecule has 26 heavy (non-hydrogen) atoms. The number of hydrogen-bond acceptors (Lipinski definition) is 5. The minimum Gasteiger partial charge on any atom is -0.486 e. The van der Waals surface area contributed by atoms with Gasteiger partial charge in [0.05, 0.1) is 0 Å². The number of rotatable bonds is 6. The number of nitrogens with zero attached hydrogens (tertiary/aromatic N) is 1. The van der Waals surface area contributed by atoms with E-state index in [-0.39, 0.29) is 17.9 Å². The number of aromatic nitrogens is 2. The third-order valence-electron chi connectivity index (χ3n) is 4.29. The molecule has 1 amide bonds. The first-order valence-electron chi connectivity index (χ1n) is 8.74. The normalized spacial score (nSPS) is 12.7. The standard InChI is InChI=1S/C19H23N3O4/c1-12-15(19(24)22-13(2)21-12)4-6-18(23)20-8-7-14-3-5-16-17(11-14)26-10-9-25-16/h3,5,11H,4,6-10H2,1-2H3,(H,20,23)(H,21,22,24). The second-order valence-corrected chi connectivity index (χ2v) is 6.29. The SMILES string of the molecule is Cc1nc(C)c(CCC(=O)NCCc2ccc3c(c2)OCCO3)c(=O)[nH]1. The van der Waals surface area contributed by atoms with Crippen LogP contribution in [0.1, 0.15) is 29.1 Å². The van der Waals surface area contributed by atoms with Crippen LogP contribution in [-0.2, 0) is 17.6 Å². The molecule has 0 spiro atoms. The third kappa shape index (κ3) is 4.41. The van der Waals surface area contributed by atoms with Crippen molar-refractivity contribution in [2.45, 2.75) is 33.1 Å². The molecule has 1 aliphatic heterocycles. The quantitative estimate of drug-likeness (QED) is 0.816. The zero-order valence-electron chi connectivity index (χ0n) is 15.1. The lowest BCUT2D eigenvalue weighted by Gasteiger charge is -2.18. The first kappa shape index (κ1) is 18.0. The molecule has 0 atom stereocenters. The minimum absolute atomic E-state index is 0.0816. The first-order valence-corrected chi connectivity index (χ1v) is 8.74. The molecule has 0 saturated heterocycles. The average molecular weight is 357 g/mol. The molecule has 0 unspecified atom stereocenters. The van der Waals surface area contributed by atoms with Crippen molar-refractivity contribution in [3.63, 3.8) is 0 Å². The van der Waals surface area contributed by atoms with E-state index in [0.29, 0.717) is 49.7 Å². The van der Waals surface area contributed by atoms with Crippen molar-refractivity contribution in [3.8, 4) is 11.5 Å². The highest BCUT2D eigenvalue weighted by Gasteiger charge is 2.12. The van der Waals surface area contributed by atoms with E-state index in [1.165, 1.54) is 0 Å². The van der Waals surface area contributed by atoms with Gasteiger partial charge in [-0.25, -0.2) is 4.98 Å². The van der Waals surface area contributed by atoms with Gasteiger partial charge >= 0.3 is 0 Å². The van der Waals surface area contributed by atoms with E-state index in [9.17, 15) is 9.59 Å². The van der Waals surface area contributed by atoms with Crippen LogP contribution in [0.4, 0.5) is 0 Å². The summed E-state index contributed by atoms with van der Waals surface area (Å²) in [6.45, 7) is 5.18. The smallest absolute Gasteiger partial charge is 0.254 e. The Morgan fingerprint density at radius 1 is 1.19 bits per heavy atom. The summed E-state index contributed by atoms with van der Waals surface area (Å²) in [6, 6.07) is 5.81. The summed E-state index contributed by atoms with van der Waals surface area (Å²) in [7, 11) is 0. The van der Waals surface area contributed by atoms with Crippen LogP contribution < -0.4 is 20.3 Å². The van der Waals surface area contributed by atoms with Crippen LogP contribution in [0, 0.1) is 13.8 Å². The van der Waals surface area contributed by atoms with Crippen molar-refractivity contribution in [2.75, 3.05) is 19.8 Å². The molecule has 3 rings (SSSR count). The van der Waals surface area contributed by atoms with Gasteiger partial charge in [0.2, 0.25) is 5.91 Å². The monoisotopic (exact) mass is 357 g/mol. The zero-order valence-corrected chi connectivity index (χ0v) is 15.1. The van der Waals surface area contributed by atoms with E-state index in [1.807, 2.05) is 18.2 Å². The molecule has 1 aliphatic rings. The van der Waals surface area contributed by atoms with Crippen molar-refractivity contribution >= 4 is 5.91 Å². The van der Waals surface area contributed by atoms with Gasteiger partial charge in [-0.2, -0.15) is 0 Å².